The Morgan fingerprint density at radius 2 is 1.61 bits per heavy atom. The van der Waals surface area contributed by atoms with Gasteiger partial charge < -0.3 is 19.5 Å². The third-order valence-corrected chi connectivity index (χ3v) is 8.52. The van der Waals surface area contributed by atoms with Crippen molar-refractivity contribution in [3.63, 3.8) is 0 Å². The number of carbonyl (C=O) groups excluding carboxylic acids is 2. The van der Waals surface area contributed by atoms with Crippen LogP contribution in [0.4, 0.5) is 4.79 Å². The summed E-state index contributed by atoms with van der Waals surface area (Å²) < 4.78 is 46.6. The van der Waals surface area contributed by atoms with Gasteiger partial charge in [-0.2, -0.15) is 0 Å². The highest BCUT2D eigenvalue weighted by atomic mass is 32.2. The van der Waals surface area contributed by atoms with Crippen LogP contribution in [0, 0.1) is 0 Å². The molecule has 0 aromatic heterocycles. The topological polar surface area (TPSA) is 156 Å². The van der Waals surface area contributed by atoms with E-state index in [1.165, 1.54) is 24.3 Å². The molecule has 1 unspecified atom stereocenters. The highest BCUT2D eigenvalue weighted by Crippen LogP contribution is 2.46. The number of carbonyl (C=O) groups is 2. The monoisotopic (exact) mass is 499 g/mol. The molecule has 0 aliphatic rings. The fraction of sp³-hybridized carbons (Fsp3) is 0.333. The highest BCUT2D eigenvalue weighted by Gasteiger charge is 2.33. The van der Waals surface area contributed by atoms with Crippen LogP contribution in [0.5, 0.6) is 0 Å². The Kier molecular flexibility index (Phi) is 10.1. The molecular weight excluding hydrogens is 473 g/mol. The van der Waals surface area contributed by atoms with E-state index in [9.17, 15) is 32.6 Å². The Hall–Kier alpha value is -2.72. The summed E-state index contributed by atoms with van der Waals surface area (Å²) in [5, 5.41) is 12.2. The summed E-state index contributed by atoms with van der Waals surface area (Å²) in [6.45, 7) is -0.393. The minimum Gasteiger partial charge on any atom is -0.445 e. The molecule has 0 radical (unpaired) electrons. The van der Waals surface area contributed by atoms with E-state index in [0.29, 0.717) is 0 Å². The zero-order chi connectivity index (χ0) is 24.3. The van der Waals surface area contributed by atoms with Crippen LogP contribution in [0.1, 0.15) is 18.4 Å². The number of amides is 1. The van der Waals surface area contributed by atoms with Gasteiger partial charge >= 0.3 is 12.1 Å². The Morgan fingerprint density at radius 1 is 1.00 bits per heavy atom. The number of rotatable bonds is 12. The van der Waals surface area contributed by atoms with Gasteiger partial charge in [0, 0.05) is 12.6 Å². The number of alkyl carbamates (subject to hydrolysis) is 1. The molecule has 3 N–H and O–H groups in total. The van der Waals surface area contributed by atoms with E-state index < -0.39 is 53.8 Å². The van der Waals surface area contributed by atoms with Crippen LogP contribution >= 0.6 is 7.37 Å². The largest absolute Gasteiger partial charge is 0.445 e. The fourth-order valence-electron chi connectivity index (χ4n) is 2.66. The van der Waals surface area contributed by atoms with E-state index in [1.54, 1.807) is 30.3 Å². The van der Waals surface area contributed by atoms with Crippen LogP contribution < -0.4 is 5.32 Å². The maximum Gasteiger partial charge on any atom is 0.410 e. The Bertz CT molecular complexity index is 1060. The first-order chi connectivity index (χ1) is 15.6. The molecule has 0 saturated heterocycles. The number of aliphatic hydroxyl groups is 1. The average molecular weight is 499 g/mol. The summed E-state index contributed by atoms with van der Waals surface area (Å²) in [5.74, 6) is -3.64. The van der Waals surface area contributed by atoms with E-state index in [-0.39, 0.29) is 24.3 Å². The lowest BCUT2D eigenvalue weighted by atomic mass is 10.2. The molecule has 180 valence electrons. The van der Waals surface area contributed by atoms with Crippen molar-refractivity contribution in [1.29, 1.82) is 0 Å². The first kappa shape index (κ1) is 26.5. The van der Waals surface area contributed by atoms with Gasteiger partial charge in [0.15, 0.2) is 16.6 Å². The van der Waals surface area contributed by atoms with Crippen molar-refractivity contribution in [2.75, 3.05) is 18.6 Å². The minimum absolute atomic E-state index is 0.0503. The number of benzene rings is 2. The molecule has 0 fully saturated rings. The molecule has 2 rings (SSSR count). The maximum absolute atomic E-state index is 12.3. The lowest BCUT2D eigenvalue weighted by Crippen LogP contribution is -2.28. The molecule has 0 saturated carbocycles. The average Bonchev–Trinajstić information content (AvgIpc) is 2.78. The summed E-state index contributed by atoms with van der Waals surface area (Å²) in [5.41, 5.74) is 0.789. The third kappa shape index (κ3) is 9.35. The second-order valence-electron chi connectivity index (χ2n) is 7.06. The predicted octanol–water partition coefficient (Wildman–Crippen LogP) is 2.26. The van der Waals surface area contributed by atoms with Gasteiger partial charge in [0.1, 0.15) is 12.5 Å². The molecule has 0 heterocycles. The van der Waals surface area contributed by atoms with Gasteiger partial charge in [-0.05, 0) is 24.1 Å². The smallest absolute Gasteiger partial charge is 0.410 e. The fourth-order valence-corrected chi connectivity index (χ4v) is 6.24. The molecule has 2 aromatic rings. The molecule has 0 aliphatic carbocycles. The molecule has 2 aromatic carbocycles. The SMILES string of the molecule is O=C(CCCP(=O)(O)[C@H](O)CS(=O)(=O)c1ccccc1)OCNC(=O)OCc1ccccc1. The van der Waals surface area contributed by atoms with Crippen molar-refractivity contribution in [2.24, 2.45) is 0 Å². The van der Waals surface area contributed by atoms with Gasteiger partial charge in [0.2, 0.25) is 7.37 Å². The predicted molar refractivity (Wildman–Crippen MR) is 119 cm³/mol. The number of esters is 1. The quantitative estimate of drug-likeness (QED) is 0.226. The molecule has 2 atom stereocenters. The minimum atomic E-state index is -4.26. The standard InChI is InChI=1S/C21H26NO9PS/c23-19(31-16-22-21(25)30-14-17-8-3-1-4-9-17)12-7-13-32(26,27)20(24)15-33(28,29)18-10-5-2-6-11-18/h1-6,8-11,20,24H,7,12-16H2,(H,22,25)(H,26,27)/t20-/m0/s1. The van der Waals surface area contributed by atoms with Crippen molar-refractivity contribution in [3.8, 4) is 0 Å². The Morgan fingerprint density at radius 3 is 2.24 bits per heavy atom. The zero-order valence-corrected chi connectivity index (χ0v) is 19.4. The van der Waals surface area contributed by atoms with Crippen molar-refractivity contribution >= 4 is 29.3 Å². The lowest BCUT2D eigenvalue weighted by Gasteiger charge is -2.18. The lowest BCUT2D eigenvalue weighted by molar-refractivity contribution is -0.144. The number of hydrogen-bond donors (Lipinski definition) is 3. The Labute approximate surface area is 191 Å². The van der Waals surface area contributed by atoms with Gasteiger partial charge in [-0.15, -0.1) is 0 Å². The van der Waals surface area contributed by atoms with E-state index in [1.807, 2.05) is 6.07 Å². The molecule has 0 aliphatic heterocycles. The van der Waals surface area contributed by atoms with Crippen LogP contribution in [0.3, 0.4) is 0 Å². The summed E-state index contributed by atoms with van der Waals surface area (Å²) in [4.78, 5) is 33.2. The molecule has 33 heavy (non-hydrogen) atoms. The van der Waals surface area contributed by atoms with Crippen LogP contribution in [-0.4, -0.2) is 55.0 Å². The molecular formula is C21H26NO9PS. The number of ether oxygens (including phenoxy) is 2. The second kappa shape index (κ2) is 12.5. The number of hydrogen-bond acceptors (Lipinski definition) is 8. The summed E-state index contributed by atoms with van der Waals surface area (Å²) in [6, 6.07) is 16.2. The van der Waals surface area contributed by atoms with Gasteiger partial charge in [0.25, 0.3) is 0 Å². The van der Waals surface area contributed by atoms with Crippen molar-refractivity contribution in [2.45, 2.75) is 30.2 Å². The van der Waals surface area contributed by atoms with Crippen LogP contribution in [-0.2, 0) is 35.3 Å². The molecule has 10 nitrogen and oxygen atoms in total. The van der Waals surface area contributed by atoms with Crippen LogP contribution in [0.2, 0.25) is 0 Å². The summed E-state index contributed by atoms with van der Waals surface area (Å²) >= 11 is 0. The van der Waals surface area contributed by atoms with Crippen molar-refractivity contribution in [1.82, 2.24) is 5.32 Å². The maximum atomic E-state index is 12.3. The van der Waals surface area contributed by atoms with Gasteiger partial charge in [0.05, 0.1) is 10.6 Å². The van der Waals surface area contributed by atoms with E-state index in [2.05, 4.69) is 5.32 Å². The van der Waals surface area contributed by atoms with Crippen molar-refractivity contribution in [3.05, 3.63) is 66.2 Å². The first-order valence-electron chi connectivity index (χ1n) is 9.98. The normalized spacial score (nSPS) is 14.0. The van der Waals surface area contributed by atoms with E-state index in [0.717, 1.165) is 5.56 Å². The summed E-state index contributed by atoms with van der Waals surface area (Å²) in [6.07, 6.45) is -1.63. The Balaban J connectivity index is 1.66. The van der Waals surface area contributed by atoms with E-state index in [4.69, 9.17) is 9.47 Å². The molecule has 0 spiro atoms. The molecule has 0 bridgehead atoms. The summed E-state index contributed by atoms with van der Waals surface area (Å²) in [7, 11) is -8.21. The number of nitrogens with one attached hydrogen (secondary N) is 1. The molecule has 12 heteroatoms. The third-order valence-electron chi connectivity index (χ3n) is 4.46. The number of aliphatic hydroxyl groups excluding tert-OH is 1. The highest BCUT2D eigenvalue weighted by molar-refractivity contribution is 7.91. The van der Waals surface area contributed by atoms with Crippen LogP contribution in [0.25, 0.3) is 0 Å². The van der Waals surface area contributed by atoms with Crippen molar-refractivity contribution < 1.29 is 42.0 Å². The first-order valence-corrected chi connectivity index (χ1v) is 13.5. The van der Waals surface area contributed by atoms with Crippen LogP contribution in [0.15, 0.2) is 65.6 Å². The second-order valence-corrected chi connectivity index (χ2v) is 11.6. The zero-order valence-electron chi connectivity index (χ0n) is 17.7. The molecule has 1 amide bonds. The van der Waals surface area contributed by atoms with E-state index >= 15 is 0 Å². The van der Waals surface area contributed by atoms with Gasteiger partial charge in [-0.3, -0.25) is 14.7 Å². The van der Waals surface area contributed by atoms with Gasteiger partial charge in [-0.1, -0.05) is 48.5 Å². The van der Waals surface area contributed by atoms with Gasteiger partial charge in [-0.25, -0.2) is 13.2 Å². The number of sulfone groups is 1.